The molecule has 1 aromatic carbocycles. The van der Waals surface area contributed by atoms with Gasteiger partial charge < -0.3 is 0 Å². The molecule has 0 amide bonds. The van der Waals surface area contributed by atoms with Crippen LogP contribution in [0.3, 0.4) is 0 Å². The first kappa shape index (κ1) is 9.49. The van der Waals surface area contributed by atoms with Crippen molar-refractivity contribution in [3.05, 3.63) is 35.4 Å². The van der Waals surface area contributed by atoms with E-state index in [1.807, 2.05) is 23.7 Å². The molecule has 0 radical (unpaired) electrons. The zero-order valence-corrected chi connectivity index (χ0v) is 7.40. The molecule has 1 nitrogen and oxygen atoms in total. The Morgan fingerprint density at radius 1 is 1.33 bits per heavy atom. The lowest BCUT2D eigenvalue weighted by molar-refractivity contribution is 0.272. The van der Waals surface area contributed by atoms with Gasteiger partial charge in [0.15, 0.2) is 0 Å². The molecule has 1 N–H and O–H groups in total. The zero-order valence-electron chi connectivity index (χ0n) is 6.59. The van der Waals surface area contributed by atoms with Gasteiger partial charge >= 0.3 is 0 Å². The molecule has 66 valence electrons. The van der Waals surface area contributed by atoms with Crippen LogP contribution < -0.4 is 5.54 Å². The summed E-state index contributed by atoms with van der Waals surface area (Å²) in [4.78, 5) is 0. The molecule has 0 aromatic heterocycles. The van der Waals surface area contributed by atoms with Crippen LogP contribution in [0.2, 0.25) is 0 Å². The minimum atomic E-state index is -0.0637. The van der Waals surface area contributed by atoms with Crippen LogP contribution >= 0.6 is 12.4 Å². The molecule has 1 aromatic rings. The largest absolute Gasteiger partial charge is 0.152 e. The molecule has 12 heavy (non-hydrogen) atoms. The molecule has 0 aliphatic heterocycles. The fraction of sp³-hybridized carbons (Fsp3) is 0.333. The highest BCUT2D eigenvalue weighted by atomic mass is 35.5. The Labute approximate surface area is 77.3 Å². The molecule has 1 aliphatic carbocycles. The van der Waals surface area contributed by atoms with Gasteiger partial charge in [0.1, 0.15) is 0 Å². The van der Waals surface area contributed by atoms with Crippen LogP contribution in [-0.4, -0.2) is 0 Å². The van der Waals surface area contributed by atoms with Crippen molar-refractivity contribution in [3.8, 4) is 0 Å². The number of benzene rings is 1. The number of nitrogens with one attached hydrogen (secondary N) is 1. The molecule has 0 spiro atoms. The summed E-state index contributed by atoms with van der Waals surface area (Å²) in [6, 6.07) is 7.94. The summed E-state index contributed by atoms with van der Waals surface area (Å²) in [7, 11) is 0. The average molecular weight is 188 g/mol. The van der Waals surface area contributed by atoms with Crippen molar-refractivity contribution >= 4 is 12.4 Å². The minimum absolute atomic E-state index is 0. The van der Waals surface area contributed by atoms with Gasteiger partial charge in [-0.15, -0.1) is 16.9 Å². The molecular formula is C9H11ClFN. The van der Waals surface area contributed by atoms with Crippen LogP contribution in [0.4, 0.5) is 4.48 Å². The summed E-state index contributed by atoms with van der Waals surface area (Å²) in [5, 5.41) is 0. The van der Waals surface area contributed by atoms with E-state index in [0.29, 0.717) is 0 Å². The van der Waals surface area contributed by atoms with Gasteiger partial charge in [0.2, 0.25) is 0 Å². The quantitative estimate of drug-likeness (QED) is 0.667. The second kappa shape index (κ2) is 3.87. The number of fused-ring (bicyclic) bond motifs is 1. The van der Waals surface area contributed by atoms with E-state index in [1.165, 1.54) is 5.56 Å². The maximum atomic E-state index is 12.1. The number of hydrogen-bond donors (Lipinski definition) is 1. The Morgan fingerprint density at radius 2 is 2.08 bits per heavy atom. The Balaban J connectivity index is 0.000000720. The lowest BCUT2D eigenvalue weighted by Gasteiger charge is -2.05. The number of rotatable bonds is 1. The fourth-order valence-electron chi connectivity index (χ4n) is 1.67. The second-order valence-corrected chi connectivity index (χ2v) is 2.90. The van der Waals surface area contributed by atoms with Gasteiger partial charge in [-0.1, -0.05) is 24.3 Å². The average Bonchev–Trinajstić information content (AvgIpc) is 2.47. The van der Waals surface area contributed by atoms with E-state index in [-0.39, 0.29) is 18.4 Å². The van der Waals surface area contributed by atoms with Gasteiger partial charge in [0.05, 0.1) is 6.04 Å². The normalized spacial score (nSPS) is 19.9. The van der Waals surface area contributed by atoms with Gasteiger partial charge in [0, 0.05) is 0 Å². The smallest absolute Gasteiger partial charge is 0.0626 e. The van der Waals surface area contributed by atoms with Crippen LogP contribution in [0.15, 0.2) is 24.3 Å². The van der Waals surface area contributed by atoms with Crippen molar-refractivity contribution < 1.29 is 4.48 Å². The molecule has 1 aliphatic rings. The highest BCUT2D eigenvalue weighted by Gasteiger charge is 2.20. The predicted molar refractivity (Wildman–Crippen MR) is 49.0 cm³/mol. The van der Waals surface area contributed by atoms with Crippen LogP contribution in [0.5, 0.6) is 0 Å². The lowest BCUT2D eigenvalue weighted by Crippen LogP contribution is -2.07. The van der Waals surface area contributed by atoms with Gasteiger partial charge in [-0.2, -0.15) is 5.54 Å². The van der Waals surface area contributed by atoms with Crippen molar-refractivity contribution in [1.29, 1.82) is 0 Å². The predicted octanol–water partition coefficient (Wildman–Crippen LogP) is 2.57. The van der Waals surface area contributed by atoms with Crippen LogP contribution in [0.1, 0.15) is 23.6 Å². The SMILES string of the molecule is Cl.FNC1CCc2ccccc21. The molecular weight excluding hydrogens is 177 g/mol. The standard InChI is InChI=1S/C9H10FN.ClH/c10-11-9-6-5-7-3-1-2-4-8(7)9;/h1-4,9,11H,5-6H2;1H. The first-order chi connectivity index (χ1) is 5.42. The van der Waals surface area contributed by atoms with Crippen molar-refractivity contribution in [2.75, 3.05) is 0 Å². The monoisotopic (exact) mass is 187 g/mol. The highest BCUT2D eigenvalue weighted by Crippen LogP contribution is 2.30. The van der Waals surface area contributed by atoms with Crippen LogP contribution in [0.25, 0.3) is 0 Å². The van der Waals surface area contributed by atoms with E-state index in [4.69, 9.17) is 0 Å². The van der Waals surface area contributed by atoms with E-state index in [2.05, 4.69) is 6.07 Å². The second-order valence-electron chi connectivity index (χ2n) is 2.90. The highest BCUT2D eigenvalue weighted by molar-refractivity contribution is 5.85. The van der Waals surface area contributed by atoms with Crippen molar-refractivity contribution in [1.82, 2.24) is 5.54 Å². The topological polar surface area (TPSA) is 12.0 Å². The van der Waals surface area contributed by atoms with E-state index in [9.17, 15) is 4.48 Å². The Hall–Kier alpha value is -0.600. The zero-order chi connectivity index (χ0) is 7.68. The van der Waals surface area contributed by atoms with Crippen molar-refractivity contribution in [2.24, 2.45) is 0 Å². The summed E-state index contributed by atoms with van der Waals surface area (Å²) >= 11 is 0. The molecule has 0 bridgehead atoms. The maximum absolute atomic E-state index is 12.1. The molecule has 3 heteroatoms. The molecule has 1 unspecified atom stereocenters. The lowest BCUT2D eigenvalue weighted by atomic mass is 10.1. The van der Waals surface area contributed by atoms with E-state index >= 15 is 0 Å². The summed E-state index contributed by atoms with van der Waals surface area (Å²) in [5.41, 5.74) is 4.22. The van der Waals surface area contributed by atoms with Gasteiger partial charge in [-0.25, -0.2) is 0 Å². The van der Waals surface area contributed by atoms with Gasteiger partial charge in [-0.05, 0) is 24.0 Å². The van der Waals surface area contributed by atoms with Crippen molar-refractivity contribution in [3.63, 3.8) is 0 Å². The maximum Gasteiger partial charge on any atom is 0.0626 e. The summed E-state index contributed by atoms with van der Waals surface area (Å²) in [5.74, 6) is 0. The molecule has 2 rings (SSSR count). The fourth-order valence-corrected chi connectivity index (χ4v) is 1.67. The summed E-state index contributed by atoms with van der Waals surface area (Å²) in [6.07, 6.45) is 1.88. The third kappa shape index (κ3) is 1.45. The number of halogens is 2. The Kier molecular flexibility index (Phi) is 3.06. The van der Waals surface area contributed by atoms with Gasteiger partial charge in [0.25, 0.3) is 0 Å². The van der Waals surface area contributed by atoms with E-state index in [1.54, 1.807) is 0 Å². The van der Waals surface area contributed by atoms with E-state index < -0.39 is 0 Å². The molecule has 0 saturated carbocycles. The summed E-state index contributed by atoms with van der Waals surface area (Å²) in [6.45, 7) is 0. The van der Waals surface area contributed by atoms with E-state index in [0.717, 1.165) is 18.4 Å². The molecule has 0 saturated heterocycles. The van der Waals surface area contributed by atoms with Crippen molar-refractivity contribution in [2.45, 2.75) is 18.9 Å². The van der Waals surface area contributed by atoms with Crippen LogP contribution in [0, 0.1) is 0 Å². The first-order valence-electron chi connectivity index (χ1n) is 3.86. The number of aryl methyl sites for hydroxylation is 1. The van der Waals surface area contributed by atoms with Crippen LogP contribution in [-0.2, 0) is 6.42 Å². The third-order valence-corrected chi connectivity index (χ3v) is 2.26. The summed E-state index contributed by atoms with van der Waals surface area (Å²) < 4.78 is 12.1. The van der Waals surface area contributed by atoms with Gasteiger partial charge in [-0.3, -0.25) is 0 Å². The first-order valence-corrected chi connectivity index (χ1v) is 3.86. The third-order valence-electron chi connectivity index (χ3n) is 2.26. The molecule has 0 fully saturated rings. The molecule has 1 atom stereocenters. The Bertz CT molecular complexity index is 264. The minimum Gasteiger partial charge on any atom is -0.152 e. The Morgan fingerprint density at radius 3 is 2.83 bits per heavy atom. The number of hydrogen-bond acceptors (Lipinski definition) is 1. The molecule has 0 heterocycles.